The molecule has 2 aromatic rings. The zero-order valence-corrected chi connectivity index (χ0v) is 18.3. The van der Waals surface area contributed by atoms with Crippen LogP contribution in [0.2, 0.25) is 5.02 Å². The number of benzene rings is 1. The molecule has 3 N–H and O–H groups in total. The Morgan fingerprint density at radius 3 is 2.58 bits per heavy atom. The van der Waals surface area contributed by atoms with Crippen molar-refractivity contribution in [1.82, 2.24) is 20.2 Å². The van der Waals surface area contributed by atoms with Crippen LogP contribution in [0.1, 0.15) is 40.4 Å². The van der Waals surface area contributed by atoms with E-state index in [1.807, 2.05) is 0 Å². The average molecular weight is 446 g/mol. The van der Waals surface area contributed by atoms with Crippen LogP contribution in [-0.2, 0) is 0 Å². The summed E-state index contributed by atoms with van der Waals surface area (Å²) in [6.07, 6.45) is 1.55. The third-order valence-corrected chi connectivity index (χ3v) is 6.14. The van der Waals surface area contributed by atoms with Gasteiger partial charge in [-0.25, -0.2) is 14.4 Å². The minimum Gasteiger partial charge on any atom is -0.489 e. The van der Waals surface area contributed by atoms with Crippen LogP contribution in [-0.4, -0.2) is 53.1 Å². The molecule has 1 fully saturated rings. The van der Waals surface area contributed by atoms with Crippen LogP contribution in [0.15, 0.2) is 23.9 Å². The van der Waals surface area contributed by atoms with Gasteiger partial charge >= 0.3 is 0 Å². The Morgan fingerprint density at radius 2 is 1.90 bits per heavy atom. The lowest BCUT2D eigenvalue weighted by Crippen LogP contribution is -2.35. The summed E-state index contributed by atoms with van der Waals surface area (Å²) in [5.41, 5.74) is 9.09. The minimum atomic E-state index is -0.444. The second-order valence-corrected chi connectivity index (χ2v) is 8.28. The van der Waals surface area contributed by atoms with Crippen molar-refractivity contribution < 1.29 is 13.9 Å². The highest BCUT2D eigenvalue weighted by Gasteiger charge is 2.30. The second-order valence-electron chi connectivity index (χ2n) is 7.90. The molecular formula is C22H25ClFN5O2. The van der Waals surface area contributed by atoms with Crippen LogP contribution in [0.25, 0.3) is 5.57 Å². The highest BCUT2D eigenvalue weighted by molar-refractivity contribution is 6.31. The first kappa shape index (κ1) is 21.5. The number of amides is 1. The number of aryl methyl sites for hydroxylation is 2. The van der Waals surface area contributed by atoms with Crippen molar-refractivity contribution in [2.45, 2.75) is 32.8 Å². The molecule has 0 bridgehead atoms. The molecule has 7 nitrogen and oxygen atoms in total. The van der Waals surface area contributed by atoms with Crippen LogP contribution in [0.3, 0.4) is 0 Å². The van der Waals surface area contributed by atoms with E-state index < -0.39 is 5.82 Å². The van der Waals surface area contributed by atoms with Crippen molar-refractivity contribution in [3.8, 4) is 5.75 Å². The fraction of sp³-hybridized carbons (Fsp3) is 0.409. The summed E-state index contributed by atoms with van der Waals surface area (Å²) in [6, 6.07) is 4.01. The average Bonchev–Trinajstić information content (AvgIpc) is 3.14. The number of carbonyl (C=O) groups is 1. The molecule has 0 atom stereocenters. The Balaban J connectivity index is 1.56. The number of hydrogen-bond donors (Lipinski definition) is 2. The minimum absolute atomic E-state index is 0.0552. The number of hydrogen-bond acceptors (Lipinski definition) is 6. The third kappa shape index (κ3) is 4.50. The molecule has 2 aliphatic rings. The van der Waals surface area contributed by atoms with Crippen molar-refractivity contribution in [2.75, 3.05) is 26.2 Å². The zero-order valence-electron chi connectivity index (χ0n) is 17.5. The molecule has 4 rings (SSSR count). The number of nitrogens with two attached hydrogens (primary N) is 1. The molecule has 164 valence electrons. The Hall–Kier alpha value is -2.71. The molecule has 1 aromatic carbocycles. The highest BCUT2D eigenvalue weighted by atomic mass is 35.5. The molecule has 0 unspecified atom stereocenters. The highest BCUT2D eigenvalue weighted by Crippen LogP contribution is 2.29. The van der Waals surface area contributed by atoms with E-state index in [0.717, 1.165) is 25.9 Å². The van der Waals surface area contributed by atoms with Crippen molar-refractivity contribution in [2.24, 2.45) is 5.73 Å². The Labute approximate surface area is 185 Å². The Bertz CT molecular complexity index is 1030. The number of nitrogens with one attached hydrogen (secondary N) is 1. The fourth-order valence-electron chi connectivity index (χ4n) is 3.88. The summed E-state index contributed by atoms with van der Waals surface area (Å²) in [6.45, 7) is 5.77. The lowest BCUT2D eigenvalue weighted by molar-refractivity contribution is 0.0788. The number of aromatic nitrogens is 2. The van der Waals surface area contributed by atoms with E-state index >= 15 is 0 Å². The van der Waals surface area contributed by atoms with Crippen molar-refractivity contribution in [3.05, 3.63) is 57.5 Å². The van der Waals surface area contributed by atoms with Gasteiger partial charge in [0.15, 0.2) is 5.82 Å². The zero-order chi connectivity index (χ0) is 22.1. The maximum Gasteiger partial charge on any atom is 0.258 e. The lowest BCUT2D eigenvalue weighted by atomic mass is 10.1. The normalized spacial score (nSPS) is 17.4. The van der Waals surface area contributed by atoms with Gasteiger partial charge < -0.3 is 20.7 Å². The molecule has 0 saturated carbocycles. The summed E-state index contributed by atoms with van der Waals surface area (Å²) in [5, 5.41) is 3.78. The number of halogens is 2. The topological polar surface area (TPSA) is 93.4 Å². The van der Waals surface area contributed by atoms with Gasteiger partial charge in [-0.1, -0.05) is 11.6 Å². The molecule has 0 spiro atoms. The third-order valence-electron chi connectivity index (χ3n) is 5.59. The van der Waals surface area contributed by atoms with Gasteiger partial charge in [0.25, 0.3) is 5.91 Å². The van der Waals surface area contributed by atoms with Gasteiger partial charge in [-0.3, -0.25) is 4.79 Å². The smallest absolute Gasteiger partial charge is 0.258 e. The molecule has 1 amide bonds. The van der Waals surface area contributed by atoms with Gasteiger partial charge in [0.2, 0.25) is 0 Å². The standard InChI is InChI=1S/C22H25ClFN5O2/c1-12-20(23)13(2)28-21(27-12)17-10-29(11-18(17)25)22(30)16-4-3-14(24)9-19(16)31-15-5-7-26-8-6-15/h3-4,9,15,26H,5-8,10-11,25H2,1-2H3. The Morgan fingerprint density at radius 1 is 1.23 bits per heavy atom. The van der Waals surface area contributed by atoms with Gasteiger partial charge in [-0.2, -0.15) is 0 Å². The predicted octanol–water partition coefficient (Wildman–Crippen LogP) is 2.84. The van der Waals surface area contributed by atoms with Crippen molar-refractivity contribution in [1.29, 1.82) is 0 Å². The monoisotopic (exact) mass is 445 g/mol. The summed E-state index contributed by atoms with van der Waals surface area (Å²) in [5.74, 6) is 0.0147. The van der Waals surface area contributed by atoms with Gasteiger partial charge in [-0.15, -0.1) is 0 Å². The summed E-state index contributed by atoms with van der Waals surface area (Å²) in [4.78, 5) is 23.8. The maximum absolute atomic E-state index is 13.9. The van der Waals surface area contributed by atoms with Gasteiger partial charge in [0.05, 0.1) is 35.1 Å². The fourth-order valence-corrected chi connectivity index (χ4v) is 3.96. The summed E-state index contributed by atoms with van der Waals surface area (Å²) >= 11 is 6.18. The number of carbonyl (C=O) groups excluding carboxylic acids is 1. The van der Waals surface area contributed by atoms with E-state index in [0.29, 0.717) is 39.1 Å². The number of ether oxygens (including phenoxy) is 1. The van der Waals surface area contributed by atoms with Crippen molar-refractivity contribution >= 4 is 23.1 Å². The summed E-state index contributed by atoms with van der Waals surface area (Å²) < 4.78 is 19.9. The first-order chi connectivity index (χ1) is 14.8. The molecule has 3 heterocycles. The van der Waals surface area contributed by atoms with E-state index in [1.54, 1.807) is 18.7 Å². The number of rotatable bonds is 4. The predicted molar refractivity (Wildman–Crippen MR) is 116 cm³/mol. The largest absolute Gasteiger partial charge is 0.489 e. The van der Waals surface area contributed by atoms with Gasteiger partial charge in [0, 0.05) is 17.3 Å². The van der Waals surface area contributed by atoms with Crippen LogP contribution >= 0.6 is 11.6 Å². The van der Waals surface area contributed by atoms with Gasteiger partial charge in [0.1, 0.15) is 17.7 Å². The van der Waals surface area contributed by atoms with Crippen LogP contribution in [0.4, 0.5) is 4.39 Å². The van der Waals surface area contributed by atoms with E-state index in [-0.39, 0.29) is 30.9 Å². The van der Waals surface area contributed by atoms with Crippen LogP contribution < -0.4 is 15.8 Å². The van der Waals surface area contributed by atoms with Gasteiger partial charge in [-0.05, 0) is 51.9 Å². The van der Waals surface area contributed by atoms with E-state index in [4.69, 9.17) is 22.1 Å². The molecule has 1 aromatic heterocycles. The maximum atomic E-state index is 13.9. The molecule has 1 saturated heterocycles. The molecular weight excluding hydrogens is 421 g/mol. The summed E-state index contributed by atoms with van der Waals surface area (Å²) in [7, 11) is 0. The number of piperidine rings is 1. The quantitative estimate of drug-likeness (QED) is 0.751. The molecule has 0 radical (unpaired) electrons. The van der Waals surface area contributed by atoms with Crippen LogP contribution in [0, 0.1) is 19.7 Å². The van der Waals surface area contributed by atoms with Crippen molar-refractivity contribution in [3.63, 3.8) is 0 Å². The number of nitrogens with zero attached hydrogens (tertiary/aromatic N) is 3. The molecule has 9 heteroatoms. The van der Waals surface area contributed by atoms with E-state index in [1.165, 1.54) is 18.2 Å². The molecule has 2 aliphatic heterocycles. The van der Waals surface area contributed by atoms with Crippen LogP contribution in [0.5, 0.6) is 5.75 Å². The molecule has 31 heavy (non-hydrogen) atoms. The van der Waals surface area contributed by atoms with E-state index in [9.17, 15) is 9.18 Å². The lowest BCUT2D eigenvalue weighted by Gasteiger charge is -2.26. The SMILES string of the molecule is Cc1nc(C2=C(N)CN(C(=O)c3ccc(F)cc3OC3CCNCC3)C2)nc(C)c1Cl. The molecule has 0 aliphatic carbocycles. The second kappa shape index (κ2) is 8.80. The van der Waals surface area contributed by atoms with E-state index in [2.05, 4.69) is 15.3 Å². The first-order valence-electron chi connectivity index (χ1n) is 10.3. The first-order valence-corrected chi connectivity index (χ1v) is 10.7. The Kier molecular flexibility index (Phi) is 6.11.